The average Bonchev–Trinajstić information content (AvgIpc) is 3.08. The Bertz CT molecular complexity index is 1100. The van der Waals surface area contributed by atoms with Gasteiger partial charge in [0.1, 0.15) is 5.65 Å². The van der Waals surface area contributed by atoms with Gasteiger partial charge in [0.15, 0.2) is 5.75 Å². The van der Waals surface area contributed by atoms with Gasteiger partial charge < -0.3 is 14.9 Å². The number of imidazole rings is 1. The van der Waals surface area contributed by atoms with Crippen LogP contribution < -0.4 is 10.5 Å². The van der Waals surface area contributed by atoms with Crippen LogP contribution >= 0.6 is 0 Å². The number of piperidine rings is 1. The quantitative estimate of drug-likeness (QED) is 0.457. The number of aromatic nitrogens is 2. The second-order valence-corrected chi connectivity index (χ2v) is 8.27. The van der Waals surface area contributed by atoms with Crippen molar-refractivity contribution >= 4 is 17.0 Å². The van der Waals surface area contributed by atoms with Gasteiger partial charge >= 0.3 is 5.69 Å². The molecule has 1 saturated heterocycles. The molecule has 0 radical (unpaired) electrons. The molecule has 0 spiro atoms. The third-order valence-corrected chi connectivity index (χ3v) is 6.18. The Kier molecular flexibility index (Phi) is 5.82. The van der Waals surface area contributed by atoms with Gasteiger partial charge in [-0.3, -0.25) is 15.0 Å². The molecule has 3 heterocycles. The molecule has 0 bridgehead atoms. The van der Waals surface area contributed by atoms with Gasteiger partial charge in [0.2, 0.25) is 0 Å². The molecule has 0 aliphatic carbocycles. The second-order valence-electron chi connectivity index (χ2n) is 8.27. The lowest BCUT2D eigenvalue weighted by molar-refractivity contribution is -0.385. The number of nitrogens with zero attached hydrogens (tertiary/aromatic N) is 4. The maximum absolute atomic E-state index is 11.7. The first-order valence-corrected chi connectivity index (χ1v) is 10.8. The normalized spacial score (nSPS) is 19.6. The largest absolute Gasteiger partial charge is 0.487 e. The van der Waals surface area contributed by atoms with E-state index in [1.165, 1.54) is 6.42 Å². The maximum Gasteiger partial charge on any atom is 0.311 e. The van der Waals surface area contributed by atoms with Crippen LogP contribution in [-0.2, 0) is 6.54 Å². The molecule has 2 aromatic heterocycles. The van der Waals surface area contributed by atoms with Crippen LogP contribution in [-0.4, -0.2) is 37.9 Å². The van der Waals surface area contributed by atoms with Crippen molar-refractivity contribution in [2.75, 3.05) is 12.3 Å². The van der Waals surface area contributed by atoms with Crippen LogP contribution in [0, 0.1) is 10.1 Å². The van der Waals surface area contributed by atoms with Crippen LogP contribution in [0.25, 0.3) is 16.9 Å². The summed E-state index contributed by atoms with van der Waals surface area (Å²) in [5.74, 6) is 0.268. The van der Waals surface area contributed by atoms with E-state index in [1.54, 1.807) is 12.1 Å². The molecule has 164 valence electrons. The zero-order chi connectivity index (χ0) is 22.1. The summed E-state index contributed by atoms with van der Waals surface area (Å²) in [7, 11) is 0. The number of ether oxygens (including phenoxy) is 1. The molecule has 0 amide bonds. The number of anilines is 1. The summed E-state index contributed by atoms with van der Waals surface area (Å²) in [6, 6.07) is 9.68. The first-order valence-electron chi connectivity index (χ1n) is 10.8. The summed E-state index contributed by atoms with van der Waals surface area (Å²) >= 11 is 0. The first-order chi connectivity index (χ1) is 14.9. The van der Waals surface area contributed by atoms with Crippen LogP contribution in [0.3, 0.4) is 0 Å². The summed E-state index contributed by atoms with van der Waals surface area (Å²) < 4.78 is 7.47. The van der Waals surface area contributed by atoms with Crippen LogP contribution in [0.5, 0.6) is 5.75 Å². The van der Waals surface area contributed by atoms with Gasteiger partial charge in [-0.15, -0.1) is 0 Å². The lowest BCUT2D eigenvalue weighted by Gasteiger charge is -2.39. The van der Waals surface area contributed by atoms with Crippen LogP contribution in [0.4, 0.5) is 11.4 Å². The maximum atomic E-state index is 11.7. The molecule has 4 rings (SSSR count). The van der Waals surface area contributed by atoms with Crippen molar-refractivity contribution in [1.29, 1.82) is 0 Å². The first kappa shape index (κ1) is 21.1. The molecule has 1 aromatic carbocycles. The fraction of sp³-hybridized carbons (Fsp3) is 0.435. The zero-order valence-electron chi connectivity index (χ0n) is 18.2. The van der Waals surface area contributed by atoms with E-state index < -0.39 is 4.92 Å². The number of nitro groups is 1. The standard InChI is InChI=1S/C23H29N5O3/c1-4-31-21-10-8-17(12-19(21)28(29)30)23-20(14-26-15(2)6-5-7-16(26)3)27-13-18(24)9-11-22(27)25-23/h8-13,15-16H,4-7,14,24H2,1-3H3. The SMILES string of the molecule is CCOc1ccc(-c2nc3ccc(N)cn3c2CN2C(C)CCCC2C)cc1[N+](=O)[O-]. The number of fused-ring (bicyclic) bond motifs is 1. The molecule has 1 fully saturated rings. The minimum Gasteiger partial charge on any atom is -0.487 e. The third kappa shape index (κ3) is 4.07. The smallest absolute Gasteiger partial charge is 0.311 e. The summed E-state index contributed by atoms with van der Waals surface area (Å²) in [6.07, 6.45) is 5.43. The number of nitrogen functional groups attached to an aromatic ring is 1. The van der Waals surface area contributed by atoms with E-state index >= 15 is 0 Å². The summed E-state index contributed by atoms with van der Waals surface area (Å²) in [5.41, 5.74) is 9.87. The van der Waals surface area contributed by atoms with Gasteiger partial charge in [-0.1, -0.05) is 6.42 Å². The van der Waals surface area contributed by atoms with Gasteiger partial charge in [-0.25, -0.2) is 4.98 Å². The van der Waals surface area contributed by atoms with Crippen molar-refractivity contribution in [1.82, 2.24) is 14.3 Å². The Morgan fingerprint density at radius 3 is 2.65 bits per heavy atom. The molecule has 31 heavy (non-hydrogen) atoms. The molecule has 8 nitrogen and oxygen atoms in total. The number of hydrogen-bond acceptors (Lipinski definition) is 6. The Morgan fingerprint density at radius 1 is 1.23 bits per heavy atom. The second kappa shape index (κ2) is 8.55. The lowest BCUT2D eigenvalue weighted by atomic mass is 9.97. The van der Waals surface area contributed by atoms with E-state index in [0.717, 1.165) is 29.9 Å². The monoisotopic (exact) mass is 423 g/mol. The Labute approximate surface area is 181 Å². The van der Waals surface area contributed by atoms with E-state index in [4.69, 9.17) is 15.5 Å². The fourth-order valence-electron chi connectivity index (χ4n) is 4.54. The summed E-state index contributed by atoms with van der Waals surface area (Å²) in [6.45, 7) is 7.39. The van der Waals surface area contributed by atoms with Crippen LogP contribution in [0.2, 0.25) is 0 Å². The molecule has 2 atom stereocenters. The molecular formula is C23H29N5O3. The van der Waals surface area contributed by atoms with Crippen molar-refractivity contribution in [2.45, 2.75) is 58.7 Å². The van der Waals surface area contributed by atoms with Crippen molar-refractivity contribution in [3.63, 3.8) is 0 Å². The molecule has 2 unspecified atom stereocenters. The number of benzene rings is 1. The molecule has 1 aliphatic heterocycles. The van der Waals surface area contributed by atoms with Gasteiger partial charge in [0.25, 0.3) is 0 Å². The number of nitrogens with two attached hydrogens (primary N) is 1. The van der Waals surface area contributed by atoms with E-state index in [0.29, 0.717) is 36.5 Å². The van der Waals surface area contributed by atoms with Gasteiger partial charge in [-0.05, 0) is 57.9 Å². The molecule has 2 N–H and O–H groups in total. The van der Waals surface area contributed by atoms with E-state index in [1.807, 2.05) is 35.7 Å². The average molecular weight is 424 g/mol. The Morgan fingerprint density at radius 2 is 1.97 bits per heavy atom. The van der Waals surface area contributed by atoms with Crippen molar-refractivity contribution < 1.29 is 9.66 Å². The van der Waals surface area contributed by atoms with Crippen molar-refractivity contribution in [3.05, 3.63) is 52.3 Å². The number of likely N-dealkylation sites (tertiary alicyclic amines) is 1. The highest BCUT2D eigenvalue weighted by Crippen LogP contribution is 2.35. The minimum absolute atomic E-state index is 0.0541. The highest BCUT2D eigenvalue weighted by atomic mass is 16.6. The summed E-state index contributed by atoms with van der Waals surface area (Å²) in [5, 5.41) is 11.7. The van der Waals surface area contributed by atoms with Crippen LogP contribution in [0.15, 0.2) is 36.5 Å². The van der Waals surface area contributed by atoms with Gasteiger partial charge in [0, 0.05) is 42.1 Å². The number of hydrogen-bond donors (Lipinski definition) is 1. The fourth-order valence-corrected chi connectivity index (χ4v) is 4.54. The van der Waals surface area contributed by atoms with Crippen LogP contribution in [0.1, 0.15) is 45.7 Å². The minimum atomic E-state index is -0.406. The van der Waals surface area contributed by atoms with Crippen molar-refractivity contribution in [2.24, 2.45) is 0 Å². The lowest BCUT2D eigenvalue weighted by Crippen LogP contribution is -2.43. The molecule has 1 aliphatic rings. The predicted octanol–water partition coefficient (Wildman–Crippen LogP) is 4.65. The number of rotatable bonds is 6. The highest BCUT2D eigenvalue weighted by Gasteiger charge is 2.28. The Hall–Kier alpha value is -3.13. The van der Waals surface area contributed by atoms with E-state index in [-0.39, 0.29) is 11.4 Å². The topological polar surface area (TPSA) is 98.9 Å². The van der Waals surface area contributed by atoms with E-state index in [2.05, 4.69) is 18.7 Å². The molecule has 0 saturated carbocycles. The number of nitro benzene ring substituents is 1. The van der Waals surface area contributed by atoms with Gasteiger partial charge in [0.05, 0.1) is 22.9 Å². The molecule has 3 aromatic rings. The van der Waals surface area contributed by atoms with Crippen molar-refractivity contribution in [3.8, 4) is 17.0 Å². The molecular weight excluding hydrogens is 394 g/mol. The van der Waals surface area contributed by atoms with Gasteiger partial charge in [-0.2, -0.15) is 0 Å². The Balaban J connectivity index is 1.85. The van der Waals surface area contributed by atoms with E-state index in [9.17, 15) is 10.1 Å². The number of pyridine rings is 1. The predicted molar refractivity (Wildman–Crippen MR) is 121 cm³/mol. The molecule has 8 heteroatoms. The summed E-state index contributed by atoms with van der Waals surface area (Å²) in [4.78, 5) is 18.6. The third-order valence-electron chi connectivity index (χ3n) is 6.18. The highest BCUT2D eigenvalue weighted by molar-refractivity contribution is 5.71. The zero-order valence-corrected chi connectivity index (χ0v) is 18.2.